The lowest BCUT2D eigenvalue weighted by molar-refractivity contribution is -0.122. The van der Waals surface area contributed by atoms with Gasteiger partial charge in [0, 0.05) is 5.56 Å². The quantitative estimate of drug-likeness (QED) is 0.206. The zero-order valence-corrected chi connectivity index (χ0v) is 19.6. The van der Waals surface area contributed by atoms with E-state index in [1.807, 2.05) is 30.3 Å². The van der Waals surface area contributed by atoms with E-state index in [1.165, 1.54) is 31.5 Å². The number of nitrogens with zero attached hydrogens (tertiary/aromatic N) is 5. The van der Waals surface area contributed by atoms with E-state index in [2.05, 4.69) is 25.9 Å². The van der Waals surface area contributed by atoms with Crippen LogP contribution in [0.4, 0.5) is 4.39 Å². The molecule has 0 aliphatic rings. The molecule has 0 saturated carbocycles. The van der Waals surface area contributed by atoms with Gasteiger partial charge in [-0.2, -0.15) is 18.3 Å². The average molecular weight is 511 g/mol. The summed E-state index contributed by atoms with van der Waals surface area (Å²) in [7, 11) is -2.87. The Bertz CT molecular complexity index is 1490. The van der Waals surface area contributed by atoms with E-state index < -0.39 is 21.8 Å². The van der Waals surface area contributed by atoms with Crippen molar-refractivity contribution in [3.05, 3.63) is 84.2 Å². The van der Waals surface area contributed by atoms with Crippen LogP contribution in [0.15, 0.2) is 82.8 Å². The number of hydrogen-bond acceptors (Lipinski definition) is 9. The Morgan fingerprint density at radius 3 is 2.56 bits per heavy atom. The van der Waals surface area contributed by atoms with Gasteiger partial charge in [-0.1, -0.05) is 30.3 Å². The topological polar surface area (TPSA) is 138 Å². The van der Waals surface area contributed by atoms with Crippen LogP contribution < -0.4 is 14.3 Å². The van der Waals surface area contributed by atoms with E-state index in [-0.39, 0.29) is 22.9 Å². The summed E-state index contributed by atoms with van der Waals surface area (Å²) in [5, 5.41) is 15.8. The first-order chi connectivity index (χ1) is 17.3. The van der Waals surface area contributed by atoms with E-state index >= 15 is 0 Å². The first-order valence-corrected chi connectivity index (χ1v) is 11.8. The Morgan fingerprint density at radius 2 is 1.83 bits per heavy atom. The third-order valence-electron chi connectivity index (χ3n) is 4.66. The summed E-state index contributed by atoms with van der Waals surface area (Å²) in [6, 6.07) is 17.8. The highest BCUT2D eigenvalue weighted by Crippen LogP contribution is 2.30. The average Bonchev–Trinajstić information content (AvgIpc) is 3.34. The van der Waals surface area contributed by atoms with Crippen molar-refractivity contribution in [2.45, 2.75) is 11.4 Å². The van der Waals surface area contributed by atoms with Crippen LogP contribution in [0.3, 0.4) is 0 Å². The van der Waals surface area contributed by atoms with Crippen LogP contribution in [0.1, 0.15) is 5.56 Å². The number of methoxy groups -OCH3 is 1. The highest BCUT2D eigenvalue weighted by atomic mass is 32.2. The summed E-state index contributed by atoms with van der Waals surface area (Å²) >= 11 is 0. The van der Waals surface area contributed by atoms with Gasteiger partial charge in [0.05, 0.1) is 13.3 Å². The van der Waals surface area contributed by atoms with Gasteiger partial charge < -0.3 is 8.92 Å². The molecule has 0 spiro atoms. The monoisotopic (exact) mass is 510 g/mol. The molecule has 0 atom stereocenters. The second-order valence-electron chi connectivity index (χ2n) is 7.20. The van der Waals surface area contributed by atoms with Crippen molar-refractivity contribution < 1.29 is 26.5 Å². The maximum atomic E-state index is 13.1. The van der Waals surface area contributed by atoms with Crippen molar-refractivity contribution >= 4 is 22.2 Å². The zero-order valence-electron chi connectivity index (χ0n) is 18.8. The minimum atomic E-state index is -4.21. The number of amides is 1. The number of hydrogen-bond donors (Lipinski definition) is 1. The number of tetrazole rings is 1. The molecule has 0 fully saturated rings. The van der Waals surface area contributed by atoms with Gasteiger partial charge in [0.1, 0.15) is 17.3 Å². The SMILES string of the molecule is COc1cc(C=NNC(=O)Cn2nnc(-c3ccccc3)n2)ccc1OS(=O)(=O)c1ccc(F)cc1. The predicted octanol–water partition coefficient (Wildman–Crippen LogP) is 2.41. The Balaban J connectivity index is 1.37. The summed E-state index contributed by atoms with van der Waals surface area (Å²) in [4.78, 5) is 13.1. The summed E-state index contributed by atoms with van der Waals surface area (Å²) in [5.74, 6) is -0.634. The van der Waals surface area contributed by atoms with E-state index in [0.717, 1.165) is 34.6 Å². The molecule has 36 heavy (non-hydrogen) atoms. The largest absolute Gasteiger partial charge is 0.493 e. The Morgan fingerprint density at radius 1 is 1.08 bits per heavy atom. The molecule has 4 rings (SSSR count). The number of halogens is 1. The minimum Gasteiger partial charge on any atom is -0.493 e. The second-order valence-corrected chi connectivity index (χ2v) is 8.75. The molecule has 0 radical (unpaired) electrons. The number of rotatable bonds is 9. The molecule has 13 heteroatoms. The summed E-state index contributed by atoms with van der Waals surface area (Å²) < 4.78 is 48.3. The van der Waals surface area contributed by atoms with Gasteiger partial charge in [0.25, 0.3) is 5.91 Å². The highest BCUT2D eigenvalue weighted by molar-refractivity contribution is 7.87. The fourth-order valence-electron chi connectivity index (χ4n) is 2.96. The number of hydrazone groups is 1. The van der Waals surface area contributed by atoms with E-state index in [4.69, 9.17) is 8.92 Å². The molecule has 0 saturated heterocycles. The van der Waals surface area contributed by atoms with Crippen molar-refractivity contribution in [1.82, 2.24) is 25.6 Å². The standard InChI is InChI=1S/C23H19FN6O5S/c1-34-21-13-16(7-12-20(21)35-36(32,33)19-10-8-18(24)9-11-19)14-25-26-22(31)15-30-28-23(27-29-30)17-5-3-2-4-6-17/h2-14H,15H2,1H3,(H,26,31). The molecule has 4 aromatic rings. The Labute approximate surface area is 205 Å². The van der Waals surface area contributed by atoms with Crippen LogP contribution >= 0.6 is 0 Å². The number of carbonyl (C=O) groups is 1. The van der Waals surface area contributed by atoms with Gasteiger partial charge in [0.15, 0.2) is 11.5 Å². The molecule has 1 heterocycles. The normalized spacial score (nSPS) is 11.4. The Hall–Kier alpha value is -4.65. The lowest BCUT2D eigenvalue weighted by atomic mass is 10.2. The minimum absolute atomic E-state index is 0.0745. The van der Waals surface area contributed by atoms with Gasteiger partial charge in [-0.3, -0.25) is 4.79 Å². The molecule has 184 valence electrons. The summed E-state index contributed by atoms with van der Waals surface area (Å²) in [6.45, 7) is -0.200. The van der Waals surface area contributed by atoms with Crippen molar-refractivity contribution in [3.63, 3.8) is 0 Å². The molecule has 0 unspecified atom stereocenters. The van der Waals surface area contributed by atoms with Crippen LogP contribution in [-0.2, 0) is 21.5 Å². The third kappa shape index (κ3) is 6.07. The van der Waals surface area contributed by atoms with Crippen molar-refractivity contribution in [3.8, 4) is 22.9 Å². The number of aromatic nitrogens is 4. The van der Waals surface area contributed by atoms with Crippen molar-refractivity contribution in [2.24, 2.45) is 5.10 Å². The van der Waals surface area contributed by atoms with Gasteiger partial charge in [0.2, 0.25) is 5.82 Å². The molecular weight excluding hydrogens is 491 g/mol. The van der Waals surface area contributed by atoms with E-state index in [0.29, 0.717) is 11.4 Å². The zero-order chi connectivity index (χ0) is 25.5. The molecule has 11 nitrogen and oxygen atoms in total. The number of carbonyl (C=O) groups excluding carboxylic acids is 1. The van der Waals surface area contributed by atoms with Gasteiger partial charge in [-0.05, 0) is 53.2 Å². The summed E-state index contributed by atoms with van der Waals surface area (Å²) in [6.07, 6.45) is 1.34. The molecule has 0 aliphatic carbocycles. The van der Waals surface area contributed by atoms with Crippen LogP contribution in [0.2, 0.25) is 0 Å². The van der Waals surface area contributed by atoms with Crippen molar-refractivity contribution in [1.29, 1.82) is 0 Å². The van der Waals surface area contributed by atoms with Gasteiger partial charge >= 0.3 is 10.1 Å². The van der Waals surface area contributed by atoms with Crippen LogP contribution in [0.5, 0.6) is 11.5 Å². The predicted molar refractivity (Wildman–Crippen MR) is 126 cm³/mol. The fourth-order valence-corrected chi connectivity index (χ4v) is 3.90. The molecule has 1 aromatic heterocycles. The molecule has 0 bridgehead atoms. The Kier molecular flexibility index (Phi) is 7.30. The second kappa shape index (κ2) is 10.7. The van der Waals surface area contributed by atoms with Gasteiger partial charge in [-0.25, -0.2) is 9.82 Å². The number of benzene rings is 3. The smallest absolute Gasteiger partial charge is 0.339 e. The first kappa shape index (κ1) is 24.5. The lowest BCUT2D eigenvalue weighted by Crippen LogP contribution is -2.24. The van der Waals surface area contributed by atoms with Crippen LogP contribution in [-0.4, -0.2) is 47.9 Å². The first-order valence-electron chi connectivity index (χ1n) is 10.4. The highest BCUT2D eigenvalue weighted by Gasteiger charge is 2.19. The van der Waals surface area contributed by atoms with E-state index in [1.54, 1.807) is 0 Å². The molecular formula is C23H19FN6O5S. The maximum Gasteiger partial charge on any atom is 0.339 e. The molecule has 3 aromatic carbocycles. The van der Waals surface area contributed by atoms with E-state index in [9.17, 15) is 17.6 Å². The van der Waals surface area contributed by atoms with Gasteiger partial charge in [-0.15, -0.1) is 10.2 Å². The maximum absolute atomic E-state index is 13.1. The van der Waals surface area contributed by atoms with Crippen LogP contribution in [0, 0.1) is 5.82 Å². The molecule has 1 N–H and O–H groups in total. The van der Waals surface area contributed by atoms with Crippen LogP contribution in [0.25, 0.3) is 11.4 Å². The lowest BCUT2D eigenvalue weighted by Gasteiger charge is -2.11. The molecule has 1 amide bonds. The number of ether oxygens (including phenoxy) is 1. The number of nitrogens with one attached hydrogen (secondary N) is 1. The summed E-state index contributed by atoms with van der Waals surface area (Å²) in [5.41, 5.74) is 3.61. The molecule has 0 aliphatic heterocycles. The fraction of sp³-hybridized carbons (Fsp3) is 0.0870. The third-order valence-corrected chi connectivity index (χ3v) is 5.91. The van der Waals surface area contributed by atoms with Crippen molar-refractivity contribution in [2.75, 3.05) is 7.11 Å².